The molecule has 13 heavy (non-hydrogen) atoms. The van der Waals surface area contributed by atoms with Crippen LogP contribution in [-0.2, 0) is 0 Å². The highest BCUT2D eigenvalue weighted by molar-refractivity contribution is 14.1. The quantitative estimate of drug-likeness (QED) is 0.479. The maximum atomic E-state index is 6.17. The maximum Gasteiger partial charge on any atom is 0.135 e. The molecule has 0 aliphatic carbocycles. The van der Waals surface area contributed by atoms with Crippen molar-refractivity contribution in [3.05, 3.63) is 21.6 Å². The van der Waals surface area contributed by atoms with Crippen LogP contribution >= 0.6 is 34.2 Å². The second-order valence-corrected chi connectivity index (χ2v) is 4.38. The molecule has 0 amide bonds. The van der Waals surface area contributed by atoms with Crippen molar-refractivity contribution >= 4 is 40.5 Å². The summed E-state index contributed by atoms with van der Waals surface area (Å²) >= 11 is 8.32. The average Bonchev–Trinajstić information content (AvgIpc) is 2.08. The topological polar surface area (TPSA) is 27.6 Å². The van der Waals surface area contributed by atoms with Crippen molar-refractivity contribution in [2.45, 2.75) is 5.50 Å². The number of halogens is 2. The number of rotatable bonds is 2. The first-order valence-electron chi connectivity index (χ1n) is 3.74. The van der Waals surface area contributed by atoms with Crippen molar-refractivity contribution in [1.29, 1.82) is 0 Å². The summed E-state index contributed by atoms with van der Waals surface area (Å²) in [5.41, 5.74) is 0.749. The zero-order valence-corrected chi connectivity index (χ0v) is 10.4. The normalized spacial score (nSPS) is 22.2. The van der Waals surface area contributed by atoms with Gasteiger partial charge in [0.1, 0.15) is 11.3 Å². The first kappa shape index (κ1) is 10.8. The van der Waals surface area contributed by atoms with Crippen LogP contribution in [0.1, 0.15) is 0 Å². The molecule has 1 aliphatic heterocycles. The molecular weight excluding hydrogens is 300 g/mol. The third kappa shape index (κ3) is 2.17. The zero-order chi connectivity index (χ0) is 10.0. The molecule has 0 fully saturated rings. The molecular formula is C8H11ClIN3. The van der Waals surface area contributed by atoms with Crippen LogP contribution in [0.5, 0.6) is 0 Å². The highest BCUT2D eigenvalue weighted by atomic mass is 127. The molecule has 72 valence electrons. The molecule has 1 heterocycles. The van der Waals surface area contributed by atoms with Crippen molar-refractivity contribution in [3.8, 4) is 0 Å². The molecule has 1 aliphatic rings. The van der Waals surface area contributed by atoms with Crippen LogP contribution in [0, 0.1) is 0 Å². The van der Waals surface area contributed by atoms with Crippen LogP contribution in [0.4, 0.5) is 0 Å². The molecule has 0 radical (unpaired) electrons. The predicted molar refractivity (Wildman–Crippen MR) is 65.1 cm³/mol. The summed E-state index contributed by atoms with van der Waals surface area (Å²) in [6.07, 6.45) is 1.70. The van der Waals surface area contributed by atoms with Crippen molar-refractivity contribution in [2.75, 3.05) is 14.1 Å². The van der Waals surface area contributed by atoms with E-state index in [0.717, 1.165) is 15.0 Å². The lowest BCUT2D eigenvalue weighted by Gasteiger charge is -2.27. The second kappa shape index (κ2) is 4.32. The minimum atomic E-state index is -0.190. The van der Waals surface area contributed by atoms with E-state index in [1.807, 2.05) is 19.0 Å². The molecule has 1 rings (SSSR count). The van der Waals surface area contributed by atoms with E-state index in [2.05, 4.69) is 39.5 Å². The molecule has 0 aromatic rings. The van der Waals surface area contributed by atoms with Gasteiger partial charge in [-0.3, -0.25) is 0 Å². The molecule has 0 spiro atoms. The fourth-order valence-electron chi connectivity index (χ4n) is 1.05. The van der Waals surface area contributed by atoms with Crippen molar-refractivity contribution in [2.24, 2.45) is 4.99 Å². The van der Waals surface area contributed by atoms with E-state index in [9.17, 15) is 0 Å². The minimum absolute atomic E-state index is 0.190. The summed E-state index contributed by atoms with van der Waals surface area (Å²) in [7, 11) is 3.70. The Labute approximate surface area is 96.7 Å². The number of nitrogens with zero attached hydrogens (tertiary/aromatic N) is 2. The van der Waals surface area contributed by atoms with Crippen LogP contribution in [0.15, 0.2) is 26.5 Å². The fraction of sp³-hybridized carbons (Fsp3) is 0.375. The van der Waals surface area contributed by atoms with Gasteiger partial charge in [-0.1, -0.05) is 18.2 Å². The van der Waals surface area contributed by atoms with Crippen LogP contribution in [0.2, 0.25) is 0 Å². The van der Waals surface area contributed by atoms with Gasteiger partial charge in [-0.25, -0.2) is 4.99 Å². The number of alkyl halides is 1. The Balaban J connectivity index is 3.09. The summed E-state index contributed by atoms with van der Waals surface area (Å²) in [6, 6.07) is 0. The average molecular weight is 312 g/mol. The predicted octanol–water partition coefficient (Wildman–Crippen LogP) is 1.90. The SMILES string of the molecule is C=C(I)C1=C(NC)N=CN(C)C1Cl. The monoisotopic (exact) mass is 311 g/mol. The lowest BCUT2D eigenvalue weighted by Crippen LogP contribution is -2.33. The largest absolute Gasteiger partial charge is 0.373 e. The van der Waals surface area contributed by atoms with E-state index in [4.69, 9.17) is 11.6 Å². The van der Waals surface area contributed by atoms with Gasteiger partial charge in [-0.05, 0) is 22.6 Å². The molecule has 1 atom stereocenters. The zero-order valence-electron chi connectivity index (χ0n) is 7.51. The maximum absolute atomic E-state index is 6.17. The van der Waals surface area contributed by atoms with Crippen LogP contribution < -0.4 is 5.32 Å². The summed E-state index contributed by atoms with van der Waals surface area (Å²) < 4.78 is 0.908. The Morgan fingerprint density at radius 2 is 2.46 bits per heavy atom. The molecule has 0 aromatic heterocycles. The molecule has 0 aromatic carbocycles. The van der Waals surface area contributed by atoms with Crippen LogP contribution in [0.3, 0.4) is 0 Å². The number of hydrogen-bond acceptors (Lipinski definition) is 3. The Morgan fingerprint density at radius 1 is 1.85 bits per heavy atom. The molecule has 3 nitrogen and oxygen atoms in total. The van der Waals surface area contributed by atoms with Gasteiger partial charge >= 0.3 is 0 Å². The van der Waals surface area contributed by atoms with Crippen LogP contribution in [0.25, 0.3) is 0 Å². The highest BCUT2D eigenvalue weighted by Gasteiger charge is 2.23. The van der Waals surface area contributed by atoms with Gasteiger partial charge in [0.2, 0.25) is 0 Å². The molecule has 1 unspecified atom stereocenters. The van der Waals surface area contributed by atoms with Crippen LogP contribution in [-0.4, -0.2) is 30.8 Å². The third-order valence-electron chi connectivity index (χ3n) is 1.75. The van der Waals surface area contributed by atoms with Crippen molar-refractivity contribution in [1.82, 2.24) is 10.2 Å². The minimum Gasteiger partial charge on any atom is -0.373 e. The van der Waals surface area contributed by atoms with Gasteiger partial charge in [0, 0.05) is 23.2 Å². The van der Waals surface area contributed by atoms with E-state index >= 15 is 0 Å². The first-order valence-corrected chi connectivity index (χ1v) is 5.26. The molecule has 0 saturated heterocycles. The van der Waals surface area contributed by atoms with E-state index in [1.165, 1.54) is 0 Å². The number of aliphatic imine (C=N–C) groups is 1. The van der Waals surface area contributed by atoms with Gasteiger partial charge in [-0.15, -0.1) is 0 Å². The number of hydrogen-bond donors (Lipinski definition) is 1. The van der Waals surface area contributed by atoms with Gasteiger partial charge < -0.3 is 10.2 Å². The Morgan fingerprint density at radius 3 is 2.92 bits per heavy atom. The summed E-state index contributed by atoms with van der Waals surface area (Å²) in [6.45, 7) is 3.87. The standard InChI is InChI=1S/C8H11ClIN3/c1-5(10)6-7(9)13(3)4-12-8(6)11-2/h4,7,11H,1H2,2-3H3. The third-order valence-corrected chi connectivity index (χ3v) is 2.86. The Hall–Kier alpha value is -0.230. The molecule has 5 heteroatoms. The van der Waals surface area contributed by atoms with E-state index in [1.54, 1.807) is 6.34 Å². The summed E-state index contributed by atoms with van der Waals surface area (Å²) in [5, 5.41) is 2.99. The van der Waals surface area contributed by atoms with Crippen molar-refractivity contribution < 1.29 is 0 Å². The highest BCUT2D eigenvalue weighted by Crippen LogP contribution is 2.29. The van der Waals surface area contributed by atoms with E-state index in [-0.39, 0.29) is 5.50 Å². The first-order chi connectivity index (χ1) is 6.07. The lowest BCUT2D eigenvalue weighted by atomic mass is 10.2. The van der Waals surface area contributed by atoms with Gasteiger partial charge in [-0.2, -0.15) is 0 Å². The van der Waals surface area contributed by atoms with Crippen molar-refractivity contribution in [3.63, 3.8) is 0 Å². The fourth-order valence-corrected chi connectivity index (χ4v) is 2.07. The van der Waals surface area contributed by atoms with E-state index in [0.29, 0.717) is 0 Å². The number of likely N-dealkylation sites (N-methyl/N-ethyl adjacent to an activating group) is 1. The lowest BCUT2D eigenvalue weighted by molar-refractivity contribution is 0.510. The molecule has 0 saturated carbocycles. The summed E-state index contributed by atoms with van der Waals surface area (Å²) in [4.78, 5) is 6.04. The Kier molecular flexibility index (Phi) is 3.61. The van der Waals surface area contributed by atoms with Gasteiger partial charge in [0.05, 0.1) is 6.34 Å². The Bertz CT molecular complexity index is 285. The molecule has 0 bridgehead atoms. The smallest absolute Gasteiger partial charge is 0.135 e. The second-order valence-electron chi connectivity index (χ2n) is 2.66. The van der Waals surface area contributed by atoms with Gasteiger partial charge in [0.15, 0.2) is 0 Å². The molecule has 1 N–H and O–H groups in total. The summed E-state index contributed by atoms with van der Waals surface area (Å²) in [5.74, 6) is 0.789. The van der Waals surface area contributed by atoms with E-state index < -0.39 is 0 Å². The number of nitrogens with one attached hydrogen (secondary N) is 1. The van der Waals surface area contributed by atoms with Gasteiger partial charge in [0.25, 0.3) is 0 Å².